The fraction of sp³-hybridized carbons (Fsp3) is 0.593. The fourth-order valence-corrected chi connectivity index (χ4v) is 6.12. The minimum atomic E-state index is -4.74. The molecule has 0 spiro atoms. The van der Waals surface area contributed by atoms with E-state index in [1.165, 1.54) is 18.5 Å². The van der Waals surface area contributed by atoms with E-state index >= 15 is 0 Å². The highest BCUT2D eigenvalue weighted by molar-refractivity contribution is 7.88. The van der Waals surface area contributed by atoms with Crippen LogP contribution in [0.25, 0.3) is 0 Å². The first-order valence-electron chi connectivity index (χ1n) is 13.8. The van der Waals surface area contributed by atoms with Crippen molar-refractivity contribution in [2.45, 2.75) is 62.8 Å². The van der Waals surface area contributed by atoms with Crippen LogP contribution in [0.2, 0.25) is 0 Å². The summed E-state index contributed by atoms with van der Waals surface area (Å²) in [6.45, 7) is 1.80. The quantitative estimate of drug-likeness (QED) is 0.388. The Morgan fingerprint density at radius 2 is 1.83 bits per heavy atom. The van der Waals surface area contributed by atoms with Gasteiger partial charge in [0, 0.05) is 36.9 Å². The molecule has 1 amide bonds. The second-order valence-electron chi connectivity index (χ2n) is 10.9. The highest BCUT2D eigenvalue weighted by atomic mass is 32.2. The number of likely N-dealkylation sites (tertiary alicyclic amines) is 1. The van der Waals surface area contributed by atoms with Crippen LogP contribution in [0, 0.1) is 0 Å². The van der Waals surface area contributed by atoms with E-state index in [9.17, 15) is 26.4 Å². The largest absolute Gasteiger partial charge is 0.495 e. The van der Waals surface area contributed by atoms with Crippen LogP contribution in [0.15, 0.2) is 24.4 Å². The zero-order valence-electron chi connectivity index (χ0n) is 24.2. The van der Waals surface area contributed by atoms with Gasteiger partial charge in [-0.15, -0.1) is 0 Å². The molecule has 2 atom stereocenters. The molecule has 1 aliphatic heterocycles. The second kappa shape index (κ2) is 13.0. The predicted molar refractivity (Wildman–Crippen MR) is 154 cm³/mol. The van der Waals surface area contributed by atoms with Gasteiger partial charge in [0.05, 0.1) is 19.1 Å². The van der Waals surface area contributed by atoms with E-state index in [0.29, 0.717) is 30.3 Å². The van der Waals surface area contributed by atoms with Crippen LogP contribution in [-0.4, -0.2) is 92.2 Å². The van der Waals surface area contributed by atoms with E-state index < -0.39 is 39.7 Å². The fourth-order valence-electron chi connectivity index (χ4n) is 5.37. The molecule has 15 heteroatoms. The number of hydrogen-bond acceptors (Lipinski definition) is 9. The maximum absolute atomic E-state index is 13.9. The first-order chi connectivity index (χ1) is 19.8. The highest BCUT2D eigenvalue weighted by Gasteiger charge is 2.38. The number of ether oxygens (including phenoxy) is 1. The molecule has 0 bridgehead atoms. The van der Waals surface area contributed by atoms with Gasteiger partial charge in [0.25, 0.3) is 5.91 Å². The average molecular weight is 614 g/mol. The third-order valence-electron chi connectivity index (χ3n) is 7.90. The molecule has 2 aromatic rings. The number of likely N-dealkylation sites (N-methyl/N-ethyl adjacent to an activating group) is 1. The predicted octanol–water partition coefficient (Wildman–Crippen LogP) is 3.69. The Morgan fingerprint density at radius 3 is 2.48 bits per heavy atom. The monoisotopic (exact) mass is 613 g/mol. The lowest BCUT2D eigenvalue weighted by atomic mass is 9.90. The molecule has 1 saturated heterocycles. The average Bonchev–Trinajstić information content (AvgIpc) is 2.93. The summed E-state index contributed by atoms with van der Waals surface area (Å²) < 4.78 is 72.8. The standard InChI is InChI=1S/C27H38F3N7O4S/c1-36-13-11-18(12-14-36)32-25(38)17-9-10-21(23(15-17)41-3)34-26-31-16-19(27(28,29)30)24(35-26)33-20-7-5-6-8-22(20)37(2)42(4,39)40/h9-10,15-16,18,20,22H,5-8,11-14H2,1-4H3,(H,32,38)(H2,31,33,34,35)/t20-,22-/m1/s1. The number of benzene rings is 1. The van der Waals surface area contributed by atoms with Crippen molar-refractivity contribution in [2.75, 3.05) is 51.2 Å². The first-order valence-corrected chi connectivity index (χ1v) is 15.7. The van der Waals surface area contributed by atoms with Crippen LogP contribution < -0.4 is 20.7 Å². The summed E-state index contributed by atoms with van der Waals surface area (Å²) in [6, 6.07) is 3.67. The van der Waals surface area contributed by atoms with Gasteiger partial charge in [-0.25, -0.2) is 17.7 Å². The lowest BCUT2D eigenvalue weighted by Gasteiger charge is -2.37. The first kappa shape index (κ1) is 31.8. The molecular weight excluding hydrogens is 575 g/mol. The van der Waals surface area contributed by atoms with Crippen molar-refractivity contribution in [2.24, 2.45) is 0 Å². The number of nitrogens with zero attached hydrogens (tertiary/aromatic N) is 4. The number of piperidine rings is 1. The number of amides is 1. The molecule has 11 nitrogen and oxygen atoms in total. The van der Waals surface area contributed by atoms with Crippen molar-refractivity contribution in [1.82, 2.24) is 24.5 Å². The Bertz CT molecular complexity index is 1370. The van der Waals surface area contributed by atoms with Crippen molar-refractivity contribution < 1.29 is 31.1 Å². The number of carbonyl (C=O) groups is 1. The summed E-state index contributed by atoms with van der Waals surface area (Å²) in [5.74, 6) is -0.540. The number of sulfonamides is 1. The number of halogens is 3. The second-order valence-corrected chi connectivity index (χ2v) is 13.0. The van der Waals surface area contributed by atoms with Gasteiger partial charge in [-0.1, -0.05) is 12.8 Å². The Balaban J connectivity index is 1.56. The summed E-state index contributed by atoms with van der Waals surface area (Å²) in [5, 5.41) is 8.81. The van der Waals surface area contributed by atoms with Crippen LogP contribution in [-0.2, 0) is 16.2 Å². The number of aromatic nitrogens is 2. The molecule has 0 unspecified atom stereocenters. The van der Waals surface area contributed by atoms with E-state index in [4.69, 9.17) is 4.74 Å². The summed E-state index contributed by atoms with van der Waals surface area (Å²) in [4.78, 5) is 23.1. The number of anilines is 3. The molecule has 1 saturated carbocycles. The Morgan fingerprint density at radius 1 is 1.14 bits per heavy atom. The van der Waals surface area contributed by atoms with Gasteiger partial charge in [-0.2, -0.15) is 18.2 Å². The van der Waals surface area contributed by atoms with E-state index in [2.05, 4.69) is 30.8 Å². The molecule has 2 fully saturated rings. The topological polar surface area (TPSA) is 129 Å². The van der Waals surface area contributed by atoms with Crippen LogP contribution in [0.5, 0.6) is 5.75 Å². The maximum atomic E-state index is 13.9. The van der Waals surface area contributed by atoms with Gasteiger partial charge >= 0.3 is 6.18 Å². The summed E-state index contributed by atoms with van der Waals surface area (Å²) >= 11 is 0. The molecule has 4 rings (SSSR count). The molecule has 1 aromatic heterocycles. The van der Waals surface area contributed by atoms with E-state index in [-0.39, 0.29) is 23.6 Å². The number of carbonyl (C=O) groups excluding carboxylic acids is 1. The van der Waals surface area contributed by atoms with Crippen molar-refractivity contribution in [3.05, 3.63) is 35.5 Å². The minimum absolute atomic E-state index is 0.0740. The molecule has 2 aliphatic rings. The number of hydrogen-bond donors (Lipinski definition) is 3. The van der Waals surface area contributed by atoms with E-state index in [1.807, 2.05) is 7.05 Å². The lowest BCUT2D eigenvalue weighted by Crippen LogP contribution is -2.49. The van der Waals surface area contributed by atoms with Crippen LogP contribution in [0.1, 0.15) is 54.4 Å². The Kier molecular flexibility index (Phi) is 9.83. The van der Waals surface area contributed by atoms with Crippen LogP contribution in [0.4, 0.5) is 30.6 Å². The number of methoxy groups -OCH3 is 1. The lowest BCUT2D eigenvalue weighted by molar-refractivity contribution is -0.137. The number of nitrogens with one attached hydrogen (secondary N) is 3. The highest BCUT2D eigenvalue weighted by Crippen LogP contribution is 2.37. The molecule has 42 heavy (non-hydrogen) atoms. The van der Waals surface area contributed by atoms with Gasteiger partial charge in [0.2, 0.25) is 16.0 Å². The number of alkyl halides is 3. The maximum Gasteiger partial charge on any atom is 0.421 e. The van der Waals surface area contributed by atoms with Crippen molar-refractivity contribution >= 4 is 33.4 Å². The van der Waals surface area contributed by atoms with E-state index in [1.54, 1.807) is 18.2 Å². The van der Waals surface area contributed by atoms with Crippen molar-refractivity contribution in [3.8, 4) is 5.75 Å². The molecule has 2 heterocycles. The smallest absolute Gasteiger partial charge is 0.421 e. The normalized spacial score (nSPS) is 20.8. The van der Waals surface area contributed by atoms with Gasteiger partial charge in [-0.05, 0) is 64.0 Å². The molecule has 1 aliphatic carbocycles. The summed E-state index contributed by atoms with van der Waals surface area (Å²) in [6.07, 6.45) is 1.20. The van der Waals surface area contributed by atoms with Crippen molar-refractivity contribution in [1.29, 1.82) is 0 Å². The minimum Gasteiger partial charge on any atom is -0.495 e. The van der Waals surface area contributed by atoms with Gasteiger partial charge in [-0.3, -0.25) is 4.79 Å². The Hall–Kier alpha value is -3.17. The third-order valence-corrected chi connectivity index (χ3v) is 9.22. The van der Waals surface area contributed by atoms with Gasteiger partial charge < -0.3 is 25.6 Å². The third kappa shape index (κ3) is 7.81. The molecule has 232 valence electrons. The zero-order valence-corrected chi connectivity index (χ0v) is 25.0. The van der Waals surface area contributed by atoms with Gasteiger partial charge in [0.1, 0.15) is 17.1 Å². The zero-order chi connectivity index (χ0) is 30.7. The van der Waals surface area contributed by atoms with Crippen LogP contribution in [0.3, 0.4) is 0 Å². The number of rotatable bonds is 9. The molecule has 1 aromatic carbocycles. The van der Waals surface area contributed by atoms with Crippen LogP contribution >= 0.6 is 0 Å². The van der Waals surface area contributed by atoms with Crippen molar-refractivity contribution in [3.63, 3.8) is 0 Å². The molecular formula is C27H38F3N7O4S. The van der Waals surface area contributed by atoms with Gasteiger partial charge in [0.15, 0.2) is 0 Å². The molecule has 3 N–H and O–H groups in total. The summed E-state index contributed by atoms with van der Waals surface area (Å²) in [7, 11) is 1.33. The Labute approximate surface area is 244 Å². The van der Waals surface area contributed by atoms with E-state index in [0.717, 1.165) is 45.0 Å². The summed E-state index contributed by atoms with van der Waals surface area (Å²) in [5.41, 5.74) is -0.330. The molecule has 0 radical (unpaired) electrons. The SMILES string of the molecule is COc1cc(C(=O)NC2CCN(C)CC2)ccc1Nc1ncc(C(F)(F)F)c(N[C@@H]2CCCC[C@H]2N(C)S(C)(=O)=O)n1.